The Balaban J connectivity index is -0.000000221. The summed E-state index contributed by atoms with van der Waals surface area (Å²) in [4.78, 5) is 28.3. The Morgan fingerprint density at radius 2 is 0.941 bits per heavy atom. The molecule has 0 radical (unpaired) electrons. The van der Waals surface area contributed by atoms with Gasteiger partial charge < -0.3 is 37.0 Å². The van der Waals surface area contributed by atoms with Crippen LogP contribution in [-0.2, 0) is 9.59 Å². The van der Waals surface area contributed by atoms with Crippen molar-refractivity contribution in [1.29, 1.82) is 0 Å². The number of hydrogen-bond acceptors (Lipinski definition) is 10. The first-order chi connectivity index (χ1) is 6.82. The summed E-state index contributed by atoms with van der Waals surface area (Å²) in [5.41, 5.74) is 15.4. The number of aliphatic carboxylic acids is 2. The fourth-order valence-electron chi connectivity index (χ4n) is 0.427. The fourth-order valence-corrected chi connectivity index (χ4v) is 0.427. The molecule has 1 rings (SSSR count). The van der Waals surface area contributed by atoms with Gasteiger partial charge in [-0.2, -0.15) is 15.0 Å². The van der Waals surface area contributed by atoms with Crippen LogP contribution in [0.15, 0.2) is 0 Å². The van der Waals surface area contributed by atoms with Gasteiger partial charge in [0.15, 0.2) is 0 Å². The molecular weight excluding hydrogens is 254 g/mol. The minimum absolute atomic E-state index is 0. The third-order valence-corrected chi connectivity index (χ3v) is 0.854. The van der Waals surface area contributed by atoms with E-state index in [0.717, 1.165) is 0 Å². The van der Waals surface area contributed by atoms with Crippen molar-refractivity contribution in [1.82, 2.24) is 15.0 Å². The third kappa shape index (κ3) is 11.6. The quantitative estimate of drug-likeness (QED) is 0.297. The van der Waals surface area contributed by atoms with Crippen molar-refractivity contribution in [2.75, 3.05) is 17.2 Å². The zero-order valence-electron chi connectivity index (χ0n) is 9.21. The summed E-state index contributed by atoms with van der Waals surface area (Å²) >= 11 is 0. The number of nitrogens with two attached hydrogens (primary N) is 3. The average Bonchev–Trinajstić information content (AvgIpc) is 2.01. The maximum absolute atomic E-state index is 8.93. The van der Waals surface area contributed by atoms with Crippen molar-refractivity contribution in [2.24, 2.45) is 0 Å². The van der Waals surface area contributed by atoms with Crippen LogP contribution in [0.1, 0.15) is 0 Å². The Kier molecular flexibility index (Phi) is 13.4. The van der Waals surface area contributed by atoms with E-state index in [0.29, 0.717) is 0 Å². The number of nitrogen functional groups attached to an aromatic ring is 3. The van der Waals surface area contributed by atoms with Gasteiger partial charge in [-0.1, -0.05) is 0 Å². The second-order valence-corrected chi connectivity index (χ2v) is 1.98. The smallest absolute Gasteiger partial charge is 0.543 e. The molecule has 0 spiro atoms. The number of anilines is 3. The van der Waals surface area contributed by atoms with Crippen LogP contribution in [0.25, 0.3) is 0 Å². The van der Waals surface area contributed by atoms with E-state index in [2.05, 4.69) is 15.0 Å². The summed E-state index contributed by atoms with van der Waals surface area (Å²) < 4.78 is 0. The van der Waals surface area contributed by atoms with E-state index in [9.17, 15) is 0 Å². The molecule has 0 aromatic carbocycles. The van der Waals surface area contributed by atoms with E-state index in [1.54, 1.807) is 0 Å². The molecular formula is C5H6N6Na2O4. The number of hydrogen-bond donors (Lipinski definition) is 3. The molecule has 0 bridgehead atoms. The van der Waals surface area contributed by atoms with E-state index in [-0.39, 0.29) is 77.0 Å². The van der Waals surface area contributed by atoms with E-state index >= 15 is 0 Å². The van der Waals surface area contributed by atoms with Crippen LogP contribution in [0.4, 0.5) is 17.8 Å². The van der Waals surface area contributed by atoms with E-state index in [4.69, 9.17) is 37.0 Å². The Morgan fingerprint density at radius 1 is 0.765 bits per heavy atom. The normalized spacial score (nSPS) is 7.53. The number of rotatable bonds is 0. The summed E-state index contributed by atoms with van der Waals surface area (Å²) in [6.45, 7) is 0. The van der Waals surface area contributed by atoms with Gasteiger partial charge in [-0.05, 0) is 0 Å². The first-order valence-corrected chi connectivity index (χ1v) is 3.27. The number of nitrogens with zero attached hydrogens (tertiary/aromatic N) is 3. The molecule has 1 aromatic heterocycles. The summed E-state index contributed by atoms with van der Waals surface area (Å²) in [7, 11) is 0. The SMILES string of the molecule is Nc1nc(N)nc(N)n1.O=C([O-])C(=O)[O-].[Na+].[Na+]. The van der Waals surface area contributed by atoms with Crippen LogP contribution in [0.3, 0.4) is 0 Å². The monoisotopic (exact) mass is 260 g/mol. The van der Waals surface area contributed by atoms with Gasteiger partial charge >= 0.3 is 59.1 Å². The molecule has 1 aromatic rings. The number of carbonyl (C=O) groups is 2. The molecule has 17 heavy (non-hydrogen) atoms. The molecule has 0 saturated carbocycles. The summed E-state index contributed by atoms with van der Waals surface area (Å²) in [6.07, 6.45) is 0. The van der Waals surface area contributed by atoms with Crippen LogP contribution >= 0.6 is 0 Å². The van der Waals surface area contributed by atoms with Crippen LogP contribution < -0.4 is 86.5 Å². The van der Waals surface area contributed by atoms with Crippen molar-refractivity contribution in [3.8, 4) is 0 Å². The van der Waals surface area contributed by atoms with Crippen LogP contribution in [0, 0.1) is 0 Å². The topological polar surface area (TPSA) is 197 Å². The standard InChI is InChI=1S/C3H6N6.C2H2O4.2Na/c4-1-7-2(5)9-3(6)8-1;3-1(4)2(5)6;;/h(H6,4,5,6,7,8,9);(H,3,4)(H,5,6);;/q;;2*+1/p-2. The molecule has 12 heteroatoms. The van der Waals surface area contributed by atoms with Gasteiger partial charge in [0, 0.05) is 0 Å². The molecule has 0 fully saturated rings. The molecule has 0 amide bonds. The maximum Gasteiger partial charge on any atom is 1.00 e. The molecule has 0 aliphatic rings. The number of aromatic nitrogens is 3. The first-order valence-electron chi connectivity index (χ1n) is 3.27. The van der Waals surface area contributed by atoms with Gasteiger partial charge in [-0.3, -0.25) is 0 Å². The van der Waals surface area contributed by atoms with Crippen molar-refractivity contribution in [3.63, 3.8) is 0 Å². The van der Waals surface area contributed by atoms with Crippen molar-refractivity contribution in [3.05, 3.63) is 0 Å². The zero-order valence-corrected chi connectivity index (χ0v) is 13.2. The maximum atomic E-state index is 8.93. The number of carboxylic acids is 2. The molecule has 0 unspecified atom stereocenters. The molecule has 82 valence electrons. The summed E-state index contributed by atoms with van der Waals surface area (Å²) in [5.74, 6) is -4.25. The van der Waals surface area contributed by atoms with Crippen molar-refractivity contribution < 1.29 is 78.9 Å². The van der Waals surface area contributed by atoms with Crippen LogP contribution in [0.2, 0.25) is 0 Å². The molecule has 6 N–H and O–H groups in total. The fraction of sp³-hybridized carbons (Fsp3) is 0. The second kappa shape index (κ2) is 10.5. The van der Waals surface area contributed by atoms with Crippen LogP contribution in [-0.4, -0.2) is 26.9 Å². The molecule has 0 aliphatic heterocycles. The number of carboxylic acid groups (broad SMARTS) is 2. The molecule has 0 atom stereocenters. The number of carbonyl (C=O) groups excluding carboxylic acids is 2. The minimum Gasteiger partial charge on any atom is -0.543 e. The van der Waals surface area contributed by atoms with Crippen molar-refractivity contribution in [2.45, 2.75) is 0 Å². The van der Waals surface area contributed by atoms with E-state index < -0.39 is 11.9 Å². The minimum atomic E-state index is -2.19. The van der Waals surface area contributed by atoms with Gasteiger partial charge in [-0.25, -0.2) is 0 Å². The molecule has 1 heterocycles. The molecule has 10 nitrogen and oxygen atoms in total. The Hall–Kier alpha value is -0.650. The molecule has 0 aliphatic carbocycles. The zero-order chi connectivity index (χ0) is 12.0. The third-order valence-electron chi connectivity index (χ3n) is 0.854. The predicted molar refractivity (Wildman–Crippen MR) is 43.1 cm³/mol. The predicted octanol–water partition coefficient (Wildman–Crippen LogP) is -10.9. The van der Waals surface area contributed by atoms with Gasteiger partial charge in [0.1, 0.15) is 0 Å². The molecule has 0 saturated heterocycles. The Bertz CT molecular complexity index is 326. The van der Waals surface area contributed by atoms with Gasteiger partial charge in [0.05, 0.1) is 11.9 Å². The Morgan fingerprint density at radius 3 is 1.06 bits per heavy atom. The van der Waals surface area contributed by atoms with E-state index in [1.165, 1.54) is 0 Å². The van der Waals surface area contributed by atoms with Crippen LogP contribution in [0.5, 0.6) is 0 Å². The van der Waals surface area contributed by atoms with E-state index in [1.807, 2.05) is 0 Å². The average molecular weight is 260 g/mol. The largest absolute Gasteiger partial charge is 1.00 e. The summed E-state index contributed by atoms with van der Waals surface area (Å²) in [5, 5.41) is 17.9. The summed E-state index contributed by atoms with van der Waals surface area (Å²) in [6, 6.07) is 0. The van der Waals surface area contributed by atoms with Gasteiger partial charge in [-0.15, -0.1) is 0 Å². The second-order valence-electron chi connectivity index (χ2n) is 1.98. The van der Waals surface area contributed by atoms with Gasteiger partial charge in [0.2, 0.25) is 17.8 Å². The van der Waals surface area contributed by atoms with Crippen molar-refractivity contribution >= 4 is 29.8 Å². The van der Waals surface area contributed by atoms with Gasteiger partial charge in [0.25, 0.3) is 0 Å². The first kappa shape index (κ1) is 21.6. The Labute approximate surface area is 140 Å².